The van der Waals surface area contributed by atoms with Crippen LogP contribution in [0.5, 0.6) is 5.75 Å². The minimum Gasteiger partial charge on any atom is -0.406 e. The standard InChI is InChI=1S/C20H22F3N3O2.2ClH/c21-20(22,23)28-17-8-4-7-16(12-17)26-10-9-15(13-26)25-19(27)18(24)11-14-5-2-1-3-6-14;;/h1-8,12,15,18H,9-11,13,24H2,(H,25,27);2*1H. The Hall–Kier alpha value is -2.16. The van der Waals surface area contributed by atoms with Gasteiger partial charge in [-0.3, -0.25) is 4.79 Å². The molecule has 1 amide bonds. The van der Waals surface area contributed by atoms with Crippen LogP contribution in [0, 0.1) is 0 Å². The van der Waals surface area contributed by atoms with Gasteiger partial charge in [0.05, 0.1) is 6.04 Å². The Morgan fingerprint density at radius 1 is 1.17 bits per heavy atom. The number of nitrogens with two attached hydrogens (primary N) is 1. The molecule has 1 fully saturated rings. The van der Waals surface area contributed by atoms with E-state index in [2.05, 4.69) is 10.1 Å². The molecular weight excluding hydrogens is 442 g/mol. The van der Waals surface area contributed by atoms with Gasteiger partial charge in [-0.05, 0) is 30.5 Å². The van der Waals surface area contributed by atoms with E-state index in [0.29, 0.717) is 31.6 Å². The molecule has 0 bridgehead atoms. The predicted octanol–water partition coefficient (Wildman–Crippen LogP) is 3.69. The van der Waals surface area contributed by atoms with Gasteiger partial charge in [-0.25, -0.2) is 0 Å². The monoisotopic (exact) mass is 465 g/mol. The van der Waals surface area contributed by atoms with E-state index < -0.39 is 12.4 Å². The van der Waals surface area contributed by atoms with Crippen LogP contribution in [0.2, 0.25) is 0 Å². The first kappa shape index (κ1) is 25.9. The van der Waals surface area contributed by atoms with Gasteiger partial charge < -0.3 is 20.7 Å². The quantitative estimate of drug-likeness (QED) is 0.682. The smallest absolute Gasteiger partial charge is 0.406 e. The average Bonchev–Trinajstić information content (AvgIpc) is 3.10. The fraction of sp³-hybridized carbons (Fsp3) is 0.350. The molecule has 2 aromatic rings. The van der Waals surface area contributed by atoms with Crippen LogP contribution in [0.1, 0.15) is 12.0 Å². The molecule has 3 N–H and O–H groups in total. The Morgan fingerprint density at radius 2 is 1.87 bits per heavy atom. The molecule has 2 aromatic carbocycles. The summed E-state index contributed by atoms with van der Waals surface area (Å²) in [6, 6.07) is 14.6. The summed E-state index contributed by atoms with van der Waals surface area (Å²) in [5.74, 6) is -0.493. The largest absolute Gasteiger partial charge is 0.573 e. The third-order valence-corrected chi connectivity index (χ3v) is 4.59. The zero-order valence-electron chi connectivity index (χ0n) is 16.0. The summed E-state index contributed by atoms with van der Waals surface area (Å²) in [5, 5.41) is 2.93. The summed E-state index contributed by atoms with van der Waals surface area (Å²) in [5.41, 5.74) is 7.61. The molecule has 0 aromatic heterocycles. The molecule has 1 aliphatic rings. The highest BCUT2D eigenvalue weighted by atomic mass is 35.5. The number of rotatable bonds is 6. The average molecular weight is 466 g/mol. The van der Waals surface area contributed by atoms with Crippen LogP contribution in [-0.2, 0) is 11.2 Å². The van der Waals surface area contributed by atoms with Crippen molar-refractivity contribution in [1.82, 2.24) is 5.32 Å². The van der Waals surface area contributed by atoms with Crippen molar-refractivity contribution in [3.63, 3.8) is 0 Å². The molecule has 1 heterocycles. The zero-order valence-corrected chi connectivity index (χ0v) is 17.6. The number of anilines is 1. The molecule has 10 heteroatoms. The van der Waals surface area contributed by atoms with E-state index >= 15 is 0 Å². The number of alkyl halides is 3. The third kappa shape index (κ3) is 7.59. The van der Waals surface area contributed by atoms with E-state index in [1.54, 1.807) is 6.07 Å². The van der Waals surface area contributed by atoms with Crippen LogP contribution in [0.3, 0.4) is 0 Å². The first-order valence-electron chi connectivity index (χ1n) is 9.01. The van der Waals surface area contributed by atoms with Gasteiger partial charge in [-0.1, -0.05) is 36.4 Å². The number of nitrogens with one attached hydrogen (secondary N) is 1. The van der Waals surface area contributed by atoms with Gasteiger partial charge in [0.2, 0.25) is 5.91 Å². The fourth-order valence-corrected chi connectivity index (χ4v) is 3.26. The first-order valence-corrected chi connectivity index (χ1v) is 9.01. The lowest BCUT2D eigenvalue weighted by Crippen LogP contribution is -2.47. The van der Waals surface area contributed by atoms with Gasteiger partial charge in [0.15, 0.2) is 0 Å². The molecule has 30 heavy (non-hydrogen) atoms. The van der Waals surface area contributed by atoms with Crippen molar-refractivity contribution in [2.45, 2.75) is 31.3 Å². The minimum atomic E-state index is -4.73. The maximum absolute atomic E-state index is 12.4. The second-order valence-electron chi connectivity index (χ2n) is 6.78. The van der Waals surface area contributed by atoms with Crippen molar-refractivity contribution in [1.29, 1.82) is 0 Å². The SMILES string of the molecule is Cl.Cl.NC(Cc1ccccc1)C(=O)NC1CCN(c2cccc(OC(F)(F)F)c2)C1. The van der Waals surface area contributed by atoms with Crippen LogP contribution in [-0.4, -0.2) is 37.4 Å². The number of carbonyl (C=O) groups is 1. The van der Waals surface area contributed by atoms with E-state index in [9.17, 15) is 18.0 Å². The summed E-state index contributed by atoms with van der Waals surface area (Å²) in [6.45, 7) is 1.12. The molecule has 1 aliphatic heterocycles. The summed E-state index contributed by atoms with van der Waals surface area (Å²) in [4.78, 5) is 14.3. The van der Waals surface area contributed by atoms with Gasteiger partial charge in [-0.2, -0.15) is 0 Å². The van der Waals surface area contributed by atoms with Crippen molar-refractivity contribution in [2.75, 3.05) is 18.0 Å². The molecule has 1 saturated heterocycles. The summed E-state index contributed by atoms with van der Waals surface area (Å²) >= 11 is 0. The number of amides is 1. The maximum Gasteiger partial charge on any atom is 0.573 e. The summed E-state index contributed by atoms with van der Waals surface area (Å²) in [7, 11) is 0. The highest BCUT2D eigenvalue weighted by Gasteiger charge is 2.32. The lowest BCUT2D eigenvalue weighted by atomic mass is 10.1. The molecule has 2 unspecified atom stereocenters. The number of benzene rings is 2. The van der Waals surface area contributed by atoms with E-state index in [0.717, 1.165) is 5.56 Å². The Bertz CT molecular complexity index is 809. The fourth-order valence-electron chi connectivity index (χ4n) is 3.26. The lowest BCUT2D eigenvalue weighted by Gasteiger charge is -2.21. The van der Waals surface area contributed by atoms with Crippen molar-refractivity contribution in [3.8, 4) is 5.75 Å². The molecule has 2 atom stereocenters. The Balaban J connectivity index is 0.00000225. The number of carbonyl (C=O) groups excluding carboxylic acids is 1. The van der Waals surface area contributed by atoms with E-state index in [1.807, 2.05) is 35.2 Å². The van der Waals surface area contributed by atoms with Gasteiger partial charge in [0.25, 0.3) is 0 Å². The van der Waals surface area contributed by atoms with E-state index in [4.69, 9.17) is 5.73 Å². The number of nitrogens with zero attached hydrogens (tertiary/aromatic N) is 1. The van der Waals surface area contributed by atoms with Crippen LogP contribution >= 0.6 is 24.8 Å². The molecule has 0 saturated carbocycles. The molecule has 5 nitrogen and oxygen atoms in total. The minimum absolute atomic E-state index is 0. The highest BCUT2D eigenvalue weighted by Crippen LogP contribution is 2.28. The second-order valence-corrected chi connectivity index (χ2v) is 6.78. The molecule has 166 valence electrons. The van der Waals surface area contributed by atoms with Gasteiger partial charge in [0, 0.05) is 30.9 Å². The number of hydrogen-bond donors (Lipinski definition) is 2. The molecule has 0 aliphatic carbocycles. The Kier molecular flexibility index (Phi) is 9.74. The zero-order chi connectivity index (χ0) is 20.1. The highest BCUT2D eigenvalue weighted by molar-refractivity contribution is 5.85. The molecular formula is C20H24Cl2F3N3O2. The van der Waals surface area contributed by atoms with Gasteiger partial charge in [0.1, 0.15) is 5.75 Å². The van der Waals surface area contributed by atoms with E-state index in [-0.39, 0.29) is 42.5 Å². The summed E-state index contributed by atoms with van der Waals surface area (Å²) < 4.78 is 41.1. The van der Waals surface area contributed by atoms with Gasteiger partial charge in [-0.15, -0.1) is 38.0 Å². The predicted molar refractivity (Wildman–Crippen MR) is 115 cm³/mol. The molecule has 3 rings (SSSR count). The van der Waals surface area contributed by atoms with Crippen LogP contribution in [0.25, 0.3) is 0 Å². The number of hydrogen-bond acceptors (Lipinski definition) is 4. The maximum atomic E-state index is 12.4. The Morgan fingerprint density at radius 3 is 2.53 bits per heavy atom. The third-order valence-electron chi connectivity index (χ3n) is 4.59. The first-order chi connectivity index (χ1) is 13.3. The molecule has 0 spiro atoms. The number of halogens is 5. The van der Waals surface area contributed by atoms with Crippen molar-refractivity contribution < 1.29 is 22.7 Å². The van der Waals surface area contributed by atoms with E-state index in [1.165, 1.54) is 18.2 Å². The summed E-state index contributed by atoms with van der Waals surface area (Å²) in [6.07, 6.45) is -3.59. The molecule has 0 radical (unpaired) electrons. The van der Waals surface area contributed by atoms with Gasteiger partial charge >= 0.3 is 6.36 Å². The van der Waals surface area contributed by atoms with Crippen molar-refractivity contribution >= 4 is 36.4 Å². The topological polar surface area (TPSA) is 67.6 Å². The van der Waals surface area contributed by atoms with Crippen molar-refractivity contribution in [3.05, 3.63) is 60.2 Å². The lowest BCUT2D eigenvalue weighted by molar-refractivity contribution is -0.274. The van der Waals surface area contributed by atoms with Crippen LogP contribution in [0.15, 0.2) is 54.6 Å². The van der Waals surface area contributed by atoms with Crippen molar-refractivity contribution in [2.24, 2.45) is 5.73 Å². The Labute approximate surface area is 185 Å². The van der Waals surface area contributed by atoms with Crippen LogP contribution < -0.4 is 20.7 Å². The number of ether oxygens (including phenoxy) is 1. The second kappa shape index (κ2) is 11.3. The normalized spacial score (nSPS) is 16.8. The van der Waals surface area contributed by atoms with Crippen LogP contribution in [0.4, 0.5) is 18.9 Å².